The molecular weight excluding hydrogens is 454 g/mol. The van der Waals surface area contributed by atoms with Gasteiger partial charge in [-0.2, -0.15) is 0 Å². The van der Waals surface area contributed by atoms with Crippen molar-refractivity contribution in [2.75, 3.05) is 18.1 Å². The van der Waals surface area contributed by atoms with Gasteiger partial charge in [0, 0.05) is 29.6 Å². The Hall–Kier alpha value is -4.45. The molecule has 36 heavy (non-hydrogen) atoms. The first-order valence-electron chi connectivity index (χ1n) is 11.8. The monoisotopic (exact) mass is 479 g/mol. The van der Waals surface area contributed by atoms with Gasteiger partial charge in [0.2, 0.25) is 5.91 Å². The lowest BCUT2D eigenvalue weighted by Gasteiger charge is -2.17. The zero-order chi connectivity index (χ0) is 25.1. The van der Waals surface area contributed by atoms with Gasteiger partial charge >= 0.3 is 5.97 Å². The average molecular weight is 480 g/mol. The van der Waals surface area contributed by atoms with E-state index in [1.807, 2.05) is 61.5 Å². The Labute approximate surface area is 209 Å². The SMILES string of the molecule is Cc1ccc(C(=O)COC(=O)[C@@H]2CC(=O)N(c3ccc(Oc4cccc5ccccc45)cc3)C2)cc1. The lowest BCUT2D eigenvalue weighted by atomic mass is 10.1. The summed E-state index contributed by atoms with van der Waals surface area (Å²) in [6.07, 6.45) is 0.0474. The minimum absolute atomic E-state index is 0.0474. The predicted molar refractivity (Wildman–Crippen MR) is 137 cm³/mol. The van der Waals surface area contributed by atoms with Gasteiger partial charge in [-0.25, -0.2) is 0 Å². The Bertz CT molecular complexity index is 1420. The first-order chi connectivity index (χ1) is 17.5. The molecule has 0 spiro atoms. The summed E-state index contributed by atoms with van der Waals surface area (Å²) in [6, 6.07) is 28.2. The van der Waals surface area contributed by atoms with Gasteiger partial charge < -0.3 is 14.4 Å². The number of carbonyl (C=O) groups is 3. The van der Waals surface area contributed by atoms with Crippen LogP contribution in [-0.4, -0.2) is 30.8 Å². The highest BCUT2D eigenvalue weighted by Gasteiger charge is 2.36. The Morgan fingerprint density at radius 1 is 0.889 bits per heavy atom. The van der Waals surface area contributed by atoms with E-state index in [0.29, 0.717) is 17.0 Å². The molecular formula is C30H25NO5. The molecule has 5 rings (SSSR count). The van der Waals surface area contributed by atoms with Crippen molar-refractivity contribution in [2.45, 2.75) is 13.3 Å². The molecule has 1 atom stereocenters. The van der Waals surface area contributed by atoms with Crippen LogP contribution in [0, 0.1) is 12.8 Å². The molecule has 0 N–H and O–H groups in total. The van der Waals surface area contributed by atoms with Crippen LogP contribution < -0.4 is 9.64 Å². The number of carbonyl (C=O) groups excluding carboxylic acids is 3. The molecule has 180 valence electrons. The lowest BCUT2D eigenvalue weighted by Crippen LogP contribution is -2.27. The highest BCUT2D eigenvalue weighted by atomic mass is 16.5. The second kappa shape index (κ2) is 10.0. The van der Waals surface area contributed by atoms with E-state index in [4.69, 9.17) is 9.47 Å². The van der Waals surface area contributed by atoms with E-state index in [1.54, 1.807) is 41.3 Å². The van der Waals surface area contributed by atoms with Crippen molar-refractivity contribution in [3.05, 3.63) is 102 Å². The molecule has 0 aromatic heterocycles. The molecule has 0 bridgehead atoms. The summed E-state index contributed by atoms with van der Waals surface area (Å²) >= 11 is 0. The molecule has 1 saturated heterocycles. The number of esters is 1. The highest BCUT2D eigenvalue weighted by Crippen LogP contribution is 2.32. The molecule has 1 fully saturated rings. The Balaban J connectivity index is 1.20. The van der Waals surface area contributed by atoms with Crippen LogP contribution in [0.2, 0.25) is 0 Å². The third-order valence-electron chi connectivity index (χ3n) is 6.30. The molecule has 1 aliphatic rings. The van der Waals surface area contributed by atoms with E-state index < -0.39 is 11.9 Å². The number of Topliss-reactive ketones (excluding diaryl/α,β-unsaturated/α-hetero) is 1. The molecule has 1 aliphatic heterocycles. The number of amides is 1. The van der Waals surface area contributed by atoms with Crippen molar-refractivity contribution >= 4 is 34.1 Å². The largest absolute Gasteiger partial charge is 0.457 e. The van der Waals surface area contributed by atoms with E-state index in [9.17, 15) is 14.4 Å². The molecule has 1 amide bonds. The predicted octanol–water partition coefficient (Wildman–Crippen LogP) is 5.72. The van der Waals surface area contributed by atoms with Crippen LogP contribution >= 0.6 is 0 Å². The van der Waals surface area contributed by atoms with Gasteiger partial charge in [-0.3, -0.25) is 14.4 Å². The molecule has 4 aromatic rings. The molecule has 0 unspecified atom stereocenters. The maximum absolute atomic E-state index is 12.6. The van der Waals surface area contributed by atoms with Crippen LogP contribution in [0.1, 0.15) is 22.3 Å². The summed E-state index contributed by atoms with van der Waals surface area (Å²) < 4.78 is 11.3. The Morgan fingerprint density at radius 2 is 1.61 bits per heavy atom. The minimum atomic E-state index is -0.616. The molecule has 6 nitrogen and oxygen atoms in total. The van der Waals surface area contributed by atoms with E-state index >= 15 is 0 Å². The summed E-state index contributed by atoms with van der Waals surface area (Å²) in [5, 5.41) is 2.11. The number of hydrogen-bond acceptors (Lipinski definition) is 5. The van der Waals surface area contributed by atoms with Crippen molar-refractivity contribution in [2.24, 2.45) is 5.92 Å². The molecule has 1 heterocycles. The number of anilines is 1. The van der Waals surface area contributed by atoms with E-state index in [1.165, 1.54) is 0 Å². The maximum atomic E-state index is 12.6. The lowest BCUT2D eigenvalue weighted by molar-refractivity contribution is -0.147. The van der Waals surface area contributed by atoms with Gasteiger partial charge in [0.05, 0.1) is 5.92 Å². The van der Waals surface area contributed by atoms with Gasteiger partial charge in [-0.15, -0.1) is 0 Å². The first-order valence-corrected chi connectivity index (χ1v) is 11.8. The van der Waals surface area contributed by atoms with Crippen molar-refractivity contribution in [3.8, 4) is 11.5 Å². The molecule has 0 radical (unpaired) electrons. The van der Waals surface area contributed by atoms with Crippen LogP contribution in [0.3, 0.4) is 0 Å². The normalized spacial score (nSPS) is 15.2. The van der Waals surface area contributed by atoms with Crippen molar-refractivity contribution in [1.29, 1.82) is 0 Å². The molecule has 6 heteroatoms. The van der Waals surface area contributed by atoms with Gasteiger partial charge in [0.15, 0.2) is 12.4 Å². The Kier molecular flexibility index (Phi) is 6.50. The van der Waals surface area contributed by atoms with Gasteiger partial charge in [0.25, 0.3) is 0 Å². The Morgan fingerprint density at radius 3 is 2.39 bits per heavy atom. The maximum Gasteiger partial charge on any atom is 0.311 e. The van der Waals surface area contributed by atoms with Crippen molar-refractivity contribution < 1.29 is 23.9 Å². The summed E-state index contributed by atoms with van der Waals surface area (Å²) in [6.45, 7) is 1.80. The summed E-state index contributed by atoms with van der Waals surface area (Å²) in [5.41, 5.74) is 2.21. The number of fused-ring (bicyclic) bond motifs is 1. The standard InChI is InChI=1S/C30H25NO5/c1-20-9-11-22(12-10-20)27(32)19-35-30(34)23-17-29(33)31(18-23)24-13-15-25(16-14-24)36-28-8-4-6-21-5-2-3-7-26(21)28/h2-16,23H,17-19H2,1H3/t23-/m1/s1. The minimum Gasteiger partial charge on any atom is -0.457 e. The topological polar surface area (TPSA) is 72.9 Å². The average Bonchev–Trinajstić information content (AvgIpc) is 3.30. The number of nitrogens with zero attached hydrogens (tertiary/aromatic N) is 1. The fourth-order valence-corrected chi connectivity index (χ4v) is 4.30. The van der Waals surface area contributed by atoms with Crippen LogP contribution in [0.4, 0.5) is 5.69 Å². The third kappa shape index (κ3) is 4.98. The summed E-state index contributed by atoms with van der Waals surface area (Å²) in [4.78, 5) is 39.0. The van der Waals surface area contributed by atoms with Crippen LogP contribution in [-0.2, 0) is 14.3 Å². The second-order valence-electron chi connectivity index (χ2n) is 8.88. The first kappa shape index (κ1) is 23.3. The quantitative estimate of drug-likeness (QED) is 0.250. The number of rotatable bonds is 7. The van der Waals surface area contributed by atoms with Crippen LogP contribution in [0.15, 0.2) is 91.0 Å². The number of benzene rings is 4. The van der Waals surface area contributed by atoms with E-state index in [0.717, 1.165) is 22.1 Å². The number of aryl methyl sites for hydroxylation is 1. The highest BCUT2D eigenvalue weighted by molar-refractivity contribution is 6.01. The van der Waals surface area contributed by atoms with Crippen LogP contribution in [0.5, 0.6) is 11.5 Å². The fourth-order valence-electron chi connectivity index (χ4n) is 4.30. The smallest absolute Gasteiger partial charge is 0.311 e. The molecule has 0 saturated carbocycles. The third-order valence-corrected chi connectivity index (χ3v) is 6.30. The molecule has 0 aliphatic carbocycles. The van der Waals surface area contributed by atoms with E-state index in [-0.39, 0.29) is 31.3 Å². The van der Waals surface area contributed by atoms with Crippen molar-refractivity contribution in [1.82, 2.24) is 0 Å². The summed E-state index contributed by atoms with van der Waals surface area (Å²) in [7, 11) is 0. The fraction of sp³-hybridized carbons (Fsp3) is 0.167. The molecule has 4 aromatic carbocycles. The van der Waals surface area contributed by atoms with Gasteiger partial charge in [0.1, 0.15) is 11.5 Å². The number of ketones is 1. The number of hydrogen-bond donors (Lipinski definition) is 0. The van der Waals surface area contributed by atoms with Crippen LogP contribution in [0.25, 0.3) is 10.8 Å². The summed E-state index contributed by atoms with van der Waals surface area (Å²) in [5.74, 6) is -0.193. The van der Waals surface area contributed by atoms with Crippen molar-refractivity contribution in [3.63, 3.8) is 0 Å². The van der Waals surface area contributed by atoms with Gasteiger partial charge in [-0.1, -0.05) is 66.2 Å². The second-order valence-corrected chi connectivity index (χ2v) is 8.88. The van der Waals surface area contributed by atoms with E-state index in [2.05, 4.69) is 0 Å². The number of ether oxygens (including phenoxy) is 2. The zero-order valence-electron chi connectivity index (χ0n) is 19.8. The zero-order valence-corrected chi connectivity index (χ0v) is 19.8. The van der Waals surface area contributed by atoms with Gasteiger partial charge in [-0.05, 0) is 42.6 Å².